The van der Waals surface area contributed by atoms with Crippen molar-refractivity contribution >= 4 is 0 Å². The fraction of sp³-hybridized carbons (Fsp3) is 1.00. The van der Waals surface area contributed by atoms with Gasteiger partial charge in [0.2, 0.25) is 0 Å². The lowest BCUT2D eigenvalue weighted by Crippen LogP contribution is -2.28. The highest BCUT2D eigenvalue weighted by molar-refractivity contribution is 4.75. The highest BCUT2D eigenvalue weighted by Gasteiger charge is 2.21. The predicted octanol–water partition coefficient (Wildman–Crippen LogP) is 1.10. The van der Waals surface area contributed by atoms with Crippen molar-refractivity contribution in [2.24, 2.45) is 5.92 Å². The average Bonchev–Trinajstić information content (AvgIpc) is 2.34. The van der Waals surface area contributed by atoms with Crippen molar-refractivity contribution < 1.29 is 5.11 Å². The maximum absolute atomic E-state index is 9.13. The molecular weight excluding hydrogens is 138 g/mol. The molecule has 1 N–H and O–H groups in total. The van der Waals surface area contributed by atoms with Crippen LogP contribution in [-0.4, -0.2) is 35.7 Å². The lowest BCUT2D eigenvalue weighted by molar-refractivity contribution is 0.138. The smallest absolute Gasteiger partial charge is 0.0639 e. The lowest BCUT2D eigenvalue weighted by Gasteiger charge is -2.16. The van der Waals surface area contributed by atoms with Gasteiger partial charge in [0, 0.05) is 13.1 Å². The summed E-state index contributed by atoms with van der Waals surface area (Å²) in [7, 11) is 0. The second-order valence-electron chi connectivity index (χ2n) is 3.67. The second kappa shape index (κ2) is 4.07. The highest BCUT2D eigenvalue weighted by atomic mass is 16.3. The van der Waals surface area contributed by atoms with Crippen LogP contribution in [0.25, 0.3) is 0 Å². The number of aliphatic hydroxyl groups excluding tert-OH is 1. The number of rotatable bonds is 3. The molecule has 0 saturated carbocycles. The summed E-state index contributed by atoms with van der Waals surface area (Å²) in [5.74, 6) is 0.883. The summed E-state index contributed by atoms with van der Waals surface area (Å²) in [4.78, 5) is 2.36. The molecule has 1 saturated heterocycles. The number of hydrogen-bond acceptors (Lipinski definition) is 2. The van der Waals surface area contributed by atoms with Gasteiger partial charge < -0.3 is 10.0 Å². The summed E-state index contributed by atoms with van der Waals surface area (Å²) in [5, 5.41) is 9.13. The molecule has 1 rings (SSSR count). The maximum atomic E-state index is 9.13. The Morgan fingerprint density at radius 2 is 2.36 bits per heavy atom. The summed E-state index contributed by atoms with van der Waals surface area (Å²) < 4.78 is 0. The van der Waals surface area contributed by atoms with E-state index < -0.39 is 0 Å². The Morgan fingerprint density at radius 1 is 1.64 bits per heavy atom. The Balaban J connectivity index is 2.19. The maximum Gasteiger partial charge on any atom is 0.0639 e. The number of hydrogen-bond donors (Lipinski definition) is 1. The molecule has 0 aromatic rings. The van der Waals surface area contributed by atoms with E-state index >= 15 is 0 Å². The average molecular weight is 157 g/mol. The van der Waals surface area contributed by atoms with Gasteiger partial charge in [0.25, 0.3) is 0 Å². The van der Waals surface area contributed by atoms with Crippen LogP contribution in [0.4, 0.5) is 0 Å². The Morgan fingerprint density at radius 3 is 2.82 bits per heavy atom. The first-order valence-electron chi connectivity index (χ1n) is 4.62. The van der Waals surface area contributed by atoms with Gasteiger partial charge in [0.1, 0.15) is 0 Å². The van der Waals surface area contributed by atoms with Crippen molar-refractivity contribution in [2.75, 3.05) is 19.6 Å². The van der Waals surface area contributed by atoms with Crippen LogP contribution in [0.2, 0.25) is 0 Å². The molecule has 2 nitrogen and oxygen atoms in total. The van der Waals surface area contributed by atoms with E-state index in [4.69, 9.17) is 5.11 Å². The number of likely N-dealkylation sites (tertiary alicyclic amines) is 1. The van der Waals surface area contributed by atoms with Crippen molar-refractivity contribution in [3.05, 3.63) is 0 Å². The van der Waals surface area contributed by atoms with Crippen LogP contribution in [0.5, 0.6) is 0 Å². The molecule has 0 radical (unpaired) electrons. The second-order valence-corrected chi connectivity index (χ2v) is 3.67. The SMILES string of the molecule is CCC1CCN(CC(C)O)C1. The molecule has 11 heavy (non-hydrogen) atoms. The van der Waals surface area contributed by atoms with Gasteiger partial charge in [-0.3, -0.25) is 0 Å². The van der Waals surface area contributed by atoms with Gasteiger partial charge >= 0.3 is 0 Å². The number of aliphatic hydroxyl groups is 1. The molecule has 2 atom stereocenters. The summed E-state index contributed by atoms with van der Waals surface area (Å²) in [6.07, 6.45) is 2.45. The van der Waals surface area contributed by atoms with E-state index in [9.17, 15) is 0 Å². The molecular formula is C9H19NO. The molecule has 2 heteroatoms. The van der Waals surface area contributed by atoms with Crippen LogP contribution in [0, 0.1) is 5.92 Å². The number of nitrogens with zero attached hydrogens (tertiary/aromatic N) is 1. The lowest BCUT2D eigenvalue weighted by atomic mass is 10.1. The van der Waals surface area contributed by atoms with Crippen molar-refractivity contribution in [1.82, 2.24) is 4.90 Å². The normalized spacial score (nSPS) is 29.2. The largest absolute Gasteiger partial charge is 0.392 e. The monoisotopic (exact) mass is 157 g/mol. The summed E-state index contributed by atoms with van der Waals surface area (Å²) in [5.41, 5.74) is 0. The summed E-state index contributed by atoms with van der Waals surface area (Å²) in [6, 6.07) is 0. The molecule has 0 spiro atoms. The van der Waals surface area contributed by atoms with Crippen LogP contribution in [0.15, 0.2) is 0 Å². The zero-order chi connectivity index (χ0) is 8.27. The summed E-state index contributed by atoms with van der Waals surface area (Å²) in [6.45, 7) is 7.34. The van der Waals surface area contributed by atoms with Crippen molar-refractivity contribution in [2.45, 2.75) is 32.8 Å². The van der Waals surface area contributed by atoms with E-state index in [1.807, 2.05) is 6.92 Å². The van der Waals surface area contributed by atoms with E-state index in [0.29, 0.717) is 0 Å². The molecule has 1 aliphatic rings. The van der Waals surface area contributed by atoms with Crippen LogP contribution in [-0.2, 0) is 0 Å². The van der Waals surface area contributed by atoms with Crippen molar-refractivity contribution in [3.63, 3.8) is 0 Å². The molecule has 0 aliphatic carbocycles. The minimum absolute atomic E-state index is 0.161. The molecule has 1 heterocycles. The molecule has 0 bridgehead atoms. The van der Waals surface area contributed by atoms with Crippen LogP contribution in [0.1, 0.15) is 26.7 Å². The van der Waals surface area contributed by atoms with E-state index in [1.54, 1.807) is 0 Å². The van der Waals surface area contributed by atoms with Gasteiger partial charge in [-0.15, -0.1) is 0 Å². The predicted molar refractivity (Wildman–Crippen MR) is 46.5 cm³/mol. The van der Waals surface area contributed by atoms with E-state index in [1.165, 1.54) is 25.9 Å². The van der Waals surface area contributed by atoms with Crippen LogP contribution < -0.4 is 0 Å². The Kier molecular flexibility index (Phi) is 3.34. The minimum atomic E-state index is -0.161. The minimum Gasteiger partial charge on any atom is -0.392 e. The molecule has 0 amide bonds. The zero-order valence-electron chi connectivity index (χ0n) is 7.58. The van der Waals surface area contributed by atoms with E-state index in [2.05, 4.69) is 11.8 Å². The molecule has 0 aromatic heterocycles. The first-order chi connectivity index (χ1) is 5.22. The van der Waals surface area contributed by atoms with Crippen molar-refractivity contribution in [3.8, 4) is 0 Å². The quantitative estimate of drug-likeness (QED) is 0.663. The first-order valence-corrected chi connectivity index (χ1v) is 4.62. The van der Waals surface area contributed by atoms with Gasteiger partial charge in [0.15, 0.2) is 0 Å². The van der Waals surface area contributed by atoms with Crippen molar-refractivity contribution in [1.29, 1.82) is 0 Å². The molecule has 0 aromatic carbocycles. The fourth-order valence-corrected chi connectivity index (χ4v) is 1.79. The molecule has 2 unspecified atom stereocenters. The van der Waals surface area contributed by atoms with Gasteiger partial charge in [0.05, 0.1) is 6.10 Å². The Bertz CT molecular complexity index is 114. The molecule has 1 aliphatic heterocycles. The third-order valence-electron chi connectivity index (χ3n) is 2.47. The third-order valence-corrected chi connectivity index (χ3v) is 2.47. The van der Waals surface area contributed by atoms with E-state index in [-0.39, 0.29) is 6.10 Å². The van der Waals surface area contributed by atoms with Gasteiger partial charge in [-0.25, -0.2) is 0 Å². The van der Waals surface area contributed by atoms with Gasteiger partial charge in [-0.1, -0.05) is 13.3 Å². The highest BCUT2D eigenvalue weighted by Crippen LogP contribution is 2.18. The third kappa shape index (κ3) is 2.80. The topological polar surface area (TPSA) is 23.5 Å². The van der Waals surface area contributed by atoms with E-state index in [0.717, 1.165) is 12.5 Å². The fourth-order valence-electron chi connectivity index (χ4n) is 1.79. The zero-order valence-corrected chi connectivity index (χ0v) is 7.58. The van der Waals surface area contributed by atoms with Crippen LogP contribution in [0.3, 0.4) is 0 Å². The summed E-state index contributed by atoms with van der Waals surface area (Å²) >= 11 is 0. The standard InChI is InChI=1S/C9H19NO/c1-3-9-4-5-10(7-9)6-8(2)11/h8-9,11H,3-7H2,1-2H3. The Labute approximate surface area is 69.2 Å². The van der Waals surface area contributed by atoms with Crippen LogP contribution >= 0.6 is 0 Å². The first kappa shape index (κ1) is 9.01. The van der Waals surface area contributed by atoms with Gasteiger partial charge in [-0.05, 0) is 25.8 Å². The molecule has 66 valence electrons. The molecule has 1 fully saturated rings. The Hall–Kier alpha value is -0.0800. The van der Waals surface area contributed by atoms with Gasteiger partial charge in [-0.2, -0.15) is 0 Å². The number of β-amino-alcohol motifs (C(OH)–C–C–N with tert-alkyl or cyclic N) is 1.